The van der Waals surface area contributed by atoms with Gasteiger partial charge in [-0.3, -0.25) is 4.79 Å². The van der Waals surface area contributed by atoms with Gasteiger partial charge in [0.25, 0.3) is 0 Å². The van der Waals surface area contributed by atoms with Gasteiger partial charge in [0.1, 0.15) is 0 Å². The van der Waals surface area contributed by atoms with Crippen LogP contribution in [-0.2, 0) is 16.0 Å². The minimum atomic E-state index is 0.0967. The third-order valence-corrected chi connectivity index (χ3v) is 2.81. The third kappa shape index (κ3) is 7.59. The average molecular weight is 264 g/mol. The summed E-state index contributed by atoms with van der Waals surface area (Å²) in [7, 11) is 0. The van der Waals surface area contributed by atoms with Crippen molar-refractivity contribution in [2.24, 2.45) is 5.73 Å². The number of carbonyl (C=O) groups is 1. The summed E-state index contributed by atoms with van der Waals surface area (Å²) in [4.78, 5) is 11.6. The second-order valence-corrected chi connectivity index (χ2v) is 4.59. The number of rotatable bonds is 9. The minimum Gasteiger partial charge on any atom is -0.380 e. The Labute approximate surface area is 115 Å². The number of hydrogen-bond acceptors (Lipinski definition) is 3. The van der Waals surface area contributed by atoms with Crippen molar-refractivity contribution in [2.75, 3.05) is 26.3 Å². The lowest BCUT2D eigenvalue weighted by Gasteiger charge is -2.06. The van der Waals surface area contributed by atoms with E-state index >= 15 is 0 Å². The van der Waals surface area contributed by atoms with Gasteiger partial charge >= 0.3 is 0 Å². The standard InChI is InChI=1S/C15H24N2O2/c1-13-3-5-14(6-4-13)7-8-15(18)17-10-2-11-19-12-9-16/h3-6H,2,7-12,16H2,1H3,(H,17,18). The lowest BCUT2D eigenvalue weighted by molar-refractivity contribution is -0.121. The van der Waals surface area contributed by atoms with Gasteiger partial charge in [0.05, 0.1) is 6.61 Å². The smallest absolute Gasteiger partial charge is 0.220 e. The van der Waals surface area contributed by atoms with Crippen LogP contribution in [0.25, 0.3) is 0 Å². The molecular formula is C15H24N2O2. The molecule has 19 heavy (non-hydrogen) atoms. The van der Waals surface area contributed by atoms with Crippen molar-refractivity contribution in [3.63, 3.8) is 0 Å². The molecule has 0 aliphatic carbocycles. The first-order chi connectivity index (χ1) is 9.22. The SMILES string of the molecule is Cc1ccc(CCC(=O)NCCCOCCN)cc1. The largest absolute Gasteiger partial charge is 0.380 e. The lowest BCUT2D eigenvalue weighted by Crippen LogP contribution is -2.25. The van der Waals surface area contributed by atoms with E-state index in [1.54, 1.807) is 0 Å². The molecule has 1 rings (SSSR count). The van der Waals surface area contributed by atoms with Gasteiger partial charge in [-0.05, 0) is 25.3 Å². The number of nitrogens with one attached hydrogen (secondary N) is 1. The molecule has 0 spiro atoms. The zero-order chi connectivity index (χ0) is 13.9. The summed E-state index contributed by atoms with van der Waals surface area (Å²) in [6.45, 7) is 4.50. The fourth-order valence-electron chi connectivity index (χ4n) is 1.69. The van der Waals surface area contributed by atoms with Crippen molar-refractivity contribution in [2.45, 2.75) is 26.2 Å². The van der Waals surface area contributed by atoms with E-state index in [0.717, 1.165) is 12.8 Å². The second kappa shape index (κ2) is 9.53. The Hall–Kier alpha value is -1.39. The Kier molecular flexibility index (Phi) is 7.86. The van der Waals surface area contributed by atoms with Gasteiger partial charge < -0.3 is 15.8 Å². The number of aryl methyl sites for hydroxylation is 2. The fourth-order valence-corrected chi connectivity index (χ4v) is 1.69. The first-order valence-corrected chi connectivity index (χ1v) is 6.82. The predicted octanol–water partition coefficient (Wildman–Crippen LogP) is 1.41. The highest BCUT2D eigenvalue weighted by Crippen LogP contribution is 2.05. The van der Waals surface area contributed by atoms with Crippen LogP contribution in [0.4, 0.5) is 0 Å². The van der Waals surface area contributed by atoms with Crippen LogP contribution in [-0.4, -0.2) is 32.2 Å². The summed E-state index contributed by atoms with van der Waals surface area (Å²) in [5.41, 5.74) is 7.74. The first-order valence-electron chi connectivity index (χ1n) is 6.82. The minimum absolute atomic E-state index is 0.0967. The molecule has 0 aromatic heterocycles. The molecule has 0 bridgehead atoms. The Morgan fingerprint density at radius 3 is 2.68 bits per heavy atom. The molecule has 0 radical (unpaired) electrons. The Bertz CT molecular complexity index is 363. The van der Waals surface area contributed by atoms with Crippen LogP contribution >= 0.6 is 0 Å². The van der Waals surface area contributed by atoms with Gasteiger partial charge in [0.2, 0.25) is 5.91 Å². The van der Waals surface area contributed by atoms with Crippen LogP contribution in [0, 0.1) is 6.92 Å². The molecule has 0 fully saturated rings. The van der Waals surface area contributed by atoms with Crippen molar-refractivity contribution in [1.29, 1.82) is 0 Å². The van der Waals surface area contributed by atoms with Crippen molar-refractivity contribution in [3.05, 3.63) is 35.4 Å². The molecule has 1 aromatic rings. The summed E-state index contributed by atoms with van der Waals surface area (Å²) in [6.07, 6.45) is 2.15. The zero-order valence-electron chi connectivity index (χ0n) is 11.7. The normalized spacial score (nSPS) is 10.4. The van der Waals surface area contributed by atoms with Crippen LogP contribution in [0.15, 0.2) is 24.3 Å². The fraction of sp³-hybridized carbons (Fsp3) is 0.533. The molecule has 0 saturated heterocycles. The van der Waals surface area contributed by atoms with Crippen LogP contribution in [0.2, 0.25) is 0 Å². The van der Waals surface area contributed by atoms with Gasteiger partial charge in [0.15, 0.2) is 0 Å². The second-order valence-electron chi connectivity index (χ2n) is 4.59. The highest BCUT2D eigenvalue weighted by Gasteiger charge is 2.01. The number of carbonyl (C=O) groups excluding carboxylic acids is 1. The number of ether oxygens (including phenoxy) is 1. The van der Waals surface area contributed by atoms with E-state index in [1.807, 2.05) is 0 Å². The van der Waals surface area contributed by atoms with Gasteiger partial charge in [-0.25, -0.2) is 0 Å². The highest BCUT2D eigenvalue weighted by atomic mass is 16.5. The molecular weight excluding hydrogens is 240 g/mol. The molecule has 0 aliphatic rings. The van der Waals surface area contributed by atoms with Crippen LogP contribution in [0.3, 0.4) is 0 Å². The number of hydrogen-bond donors (Lipinski definition) is 2. The molecule has 0 atom stereocenters. The van der Waals surface area contributed by atoms with Crippen molar-refractivity contribution >= 4 is 5.91 Å². The number of nitrogens with two attached hydrogens (primary N) is 1. The molecule has 0 saturated carbocycles. The third-order valence-electron chi connectivity index (χ3n) is 2.81. The van der Waals surface area contributed by atoms with Crippen molar-refractivity contribution in [3.8, 4) is 0 Å². The molecule has 4 heteroatoms. The van der Waals surface area contributed by atoms with E-state index < -0.39 is 0 Å². The van der Waals surface area contributed by atoms with E-state index in [9.17, 15) is 4.79 Å². The maximum atomic E-state index is 11.6. The summed E-state index contributed by atoms with van der Waals surface area (Å²) in [6, 6.07) is 8.29. The predicted molar refractivity (Wildman–Crippen MR) is 77.0 cm³/mol. The van der Waals surface area contributed by atoms with E-state index in [-0.39, 0.29) is 5.91 Å². The number of benzene rings is 1. The molecule has 1 aromatic carbocycles. The molecule has 1 amide bonds. The van der Waals surface area contributed by atoms with Crippen LogP contribution < -0.4 is 11.1 Å². The molecule has 3 N–H and O–H groups in total. The monoisotopic (exact) mass is 264 g/mol. The molecule has 0 heterocycles. The average Bonchev–Trinajstić information content (AvgIpc) is 2.42. The summed E-state index contributed by atoms with van der Waals surface area (Å²) < 4.78 is 5.23. The lowest BCUT2D eigenvalue weighted by atomic mass is 10.1. The van der Waals surface area contributed by atoms with Gasteiger partial charge in [-0.15, -0.1) is 0 Å². The van der Waals surface area contributed by atoms with Crippen molar-refractivity contribution < 1.29 is 9.53 Å². The van der Waals surface area contributed by atoms with E-state index in [2.05, 4.69) is 36.5 Å². The van der Waals surface area contributed by atoms with E-state index in [0.29, 0.717) is 32.7 Å². The number of amides is 1. The van der Waals surface area contributed by atoms with E-state index in [4.69, 9.17) is 10.5 Å². The van der Waals surface area contributed by atoms with Gasteiger partial charge in [-0.1, -0.05) is 29.8 Å². The zero-order valence-corrected chi connectivity index (χ0v) is 11.7. The summed E-state index contributed by atoms with van der Waals surface area (Å²) in [5, 5.41) is 2.89. The Balaban J connectivity index is 2.06. The van der Waals surface area contributed by atoms with Crippen LogP contribution in [0.5, 0.6) is 0 Å². The van der Waals surface area contributed by atoms with Gasteiger partial charge in [0, 0.05) is 26.1 Å². The quantitative estimate of drug-likeness (QED) is 0.663. The van der Waals surface area contributed by atoms with Crippen molar-refractivity contribution in [1.82, 2.24) is 5.32 Å². The molecule has 0 aliphatic heterocycles. The summed E-state index contributed by atoms with van der Waals surface area (Å²) in [5.74, 6) is 0.0967. The molecule has 106 valence electrons. The molecule has 4 nitrogen and oxygen atoms in total. The molecule has 0 unspecified atom stereocenters. The Morgan fingerprint density at radius 2 is 2.00 bits per heavy atom. The Morgan fingerprint density at radius 1 is 1.26 bits per heavy atom. The first kappa shape index (κ1) is 15.7. The maximum absolute atomic E-state index is 11.6. The maximum Gasteiger partial charge on any atom is 0.220 e. The van der Waals surface area contributed by atoms with Crippen LogP contribution in [0.1, 0.15) is 24.0 Å². The topological polar surface area (TPSA) is 64.3 Å². The summed E-state index contributed by atoms with van der Waals surface area (Å²) >= 11 is 0. The highest BCUT2D eigenvalue weighted by molar-refractivity contribution is 5.76. The van der Waals surface area contributed by atoms with E-state index in [1.165, 1.54) is 11.1 Å². The van der Waals surface area contributed by atoms with Gasteiger partial charge in [-0.2, -0.15) is 0 Å².